The van der Waals surface area contributed by atoms with Crippen LogP contribution in [0.15, 0.2) is 5.38 Å². The van der Waals surface area contributed by atoms with Crippen LogP contribution in [0.1, 0.15) is 27.8 Å². The van der Waals surface area contributed by atoms with E-state index in [-0.39, 0.29) is 0 Å². The molecule has 0 amide bonds. The molecule has 2 heterocycles. The molecule has 64 valence electrons. The van der Waals surface area contributed by atoms with Gasteiger partial charge in [0.25, 0.3) is 0 Å². The second kappa shape index (κ2) is 3.33. The Kier molecular flexibility index (Phi) is 2.19. The lowest BCUT2D eigenvalue weighted by Gasteiger charge is -2.00. The number of hydrogen-bond donors (Lipinski definition) is 1. The third kappa shape index (κ3) is 1.40. The van der Waals surface area contributed by atoms with Crippen LogP contribution in [0, 0.1) is 0 Å². The molecule has 0 radical (unpaired) electrons. The first-order valence-corrected chi connectivity index (χ1v) is 4.89. The van der Waals surface area contributed by atoms with Crippen molar-refractivity contribution in [2.75, 3.05) is 13.1 Å². The number of thiazole rings is 1. The average Bonchev–Trinajstić information content (AvgIpc) is 2.75. The van der Waals surface area contributed by atoms with Crippen molar-refractivity contribution in [3.05, 3.63) is 16.1 Å². The Morgan fingerprint density at radius 2 is 2.67 bits per heavy atom. The second-order valence-electron chi connectivity index (χ2n) is 2.92. The molecular formula is C8H10N2OS. The Balaban J connectivity index is 2.16. The van der Waals surface area contributed by atoms with E-state index in [2.05, 4.69) is 10.3 Å². The number of hydrogen-bond acceptors (Lipinski definition) is 4. The topological polar surface area (TPSA) is 42.0 Å². The zero-order valence-electron chi connectivity index (χ0n) is 6.62. The minimum Gasteiger partial charge on any atom is -0.316 e. The first-order chi connectivity index (χ1) is 5.90. The van der Waals surface area contributed by atoms with E-state index in [0.717, 1.165) is 30.8 Å². The van der Waals surface area contributed by atoms with E-state index >= 15 is 0 Å². The van der Waals surface area contributed by atoms with Crippen LogP contribution in [-0.4, -0.2) is 24.4 Å². The molecule has 1 N–H and O–H groups in total. The van der Waals surface area contributed by atoms with Gasteiger partial charge in [-0.3, -0.25) is 4.79 Å². The minimum absolute atomic E-state index is 0.531. The third-order valence-corrected chi connectivity index (χ3v) is 3.10. The molecule has 3 nitrogen and oxygen atoms in total. The molecule has 0 saturated carbocycles. The molecule has 4 heteroatoms. The maximum atomic E-state index is 10.4. The van der Waals surface area contributed by atoms with Crippen LogP contribution in [0.5, 0.6) is 0 Å². The van der Waals surface area contributed by atoms with Gasteiger partial charge in [-0.25, -0.2) is 4.98 Å². The molecule has 12 heavy (non-hydrogen) atoms. The van der Waals surface area contributed by atoms with Gasteiger partial charge >= 0.3 is 0 Å². The van der Waals surface area contributed by atoms with Crippen LogP contribution in [-0.2, 0) is 0 Å². The smallest absolute Gasteiger partial charge is 0.169 e. The van der Waals surface area contributed by atoms with Gasteiger partial charge in [0.1, 0.15) is 5.69 Å². The Morgan fingerprint density at radius 3 is 3.25 bits per heavy atom. The van der Waals surface area contributed by atoms with E-state index in [1.807, 2.05) is 5.38 Å². The van der Waals surface area contributed by atoms with E-state index in [0.29, 0.717) is 11.6 Å². The van der Waals surface area contributed by atoms with Gasteiger partial charge in [-0.15, -0.1) is 11.3 Å². The standard InChI is InChI=1S/C8H10N2OS/c11-4-7-5-12-8(10-7)6-1-2-9-3-6/h4-6,9H,1-3H2. The third-order valence-electron chi connectivity index (χ3n) is 2.07. The van der Waals surface area contributed by atoms with Gasteiger partial charge in [0.05, 0.1) is 5.01 Å². The van der Waals surface area contributed by atoms with Crippen LogP contribution >= 0.6 is 11.3 Å². The minimum atomic E-state index is 0.531. The predicted octanol–water partition coefficient (Wildman–Crippen LogP) is 1.03. The highest BCUT2D eigenvalue weighted by molar-refractivity contribution is 7.09. The van der Waals surface area contributed by atoms with Crippen molar-refractivity contribution in [3.63, 3.8) is 0 Å². The Morgan fingerprint density at radius 1 is 1.75 bits per heavy atom. The number of nitrogens with one attached hydrogen (secondary N) is 1. The summed E-state index contributed by atoms with van der Waals surface area (Å²) < 4.78 is 0. The van der Waals surface area contributed by atoms with E-state index < -0.39 is 0 Å². The van der Waals surface area contributed by atoms with Crippen LogP contribution in [0.25, 0.3) is 0 Å². The first-order valence-electron chi connectivity index (χ1n) is 4.01. The zero-order valence-corrected chi connectivity index (χ0v) is 7.43. The van der Waals surface area contributed by atoms with Crippen LogP contribution in [0.3, 0.4) is 0 Å². The second-order valence-corrected chi connectivity index (χ2v) is 3.81. The highest BCUT2D eigenvalue weighted by Gasteiger charge is 2.19. The monoisotopic (exact) mass is 182 g/mol. The van der Waals surface area contributed by atoms with Crippen LogP contribution < -0.4 is 5.32 Å². The molecule has 1 atom stereocenters. The molecule has 1 aliphatic heterocycles. The number of aldehydes is 1. The zero-order chi connectivity index (χ0) is 8.39. The van der Waals surface area contributed by atoms with Crippen LogP contribution in [0.4, 0.5) is 0 Å². The maximum absolute atomic E-state index is 10.4. The van der Waals surface area contributed by atoms with Gasteiger partial charge in [0.15, 0.2) is 6.29 Å². The molecule has 1 saturated heterocycles. The quantitative estimate of drug-likeness (QED) is 0.695. The molecule has 1 unspecified atom stereocenters. The predicted molar refractivity (Wildman–Crippen MR) is 47.7 cm³/mol. The normalized spacial score (nSPS) is 22.8. The summed E-state index contributed by atoms with van der Waals surface area (Å²) >= 11 is 1.59. The molecule has 2 rings (SSSR count). The van der Waals surface area contributed by atoms with Crippen molar-refractivity contribution in [1.82, 2.24) is 10.3 Å². The van der Waals surface area contributed by atoms with E-state index in [4.69, 9.17) is 0 Å². The van der Waals surface area contributed by atoms with Gasteiger partial charge in [-0.1, -0.05) is 0 Å². The molecule has 0 spiro atoms. The summed E-state index contributed by atoms with van der Waals surface area (Å²) in [5, 5.41) is 6.20. The number of aromatic nitrogens is 1. The van der Waals surface area contributed by atoms with Crippen molar-refractivity contribution >= 4 is 17.6 Å². The number of nitrogens with zero attached hydrogens (tertiary/aromatic N) is 1. The summed E-state index contributed by atoms with van der Waals surface area (Å²) in [7, 11) is 0. The van der Waals surface area contributed by atoms with Crippen LogP contribution in [0.2, 0.25) is 0 Å². The molecular weight excluding hydrogens is 172 g/mol. The molecule has 1 fully saturated rings. The SMILES string of the molecule is O=Cc1csc(C2CCNC2)n1. The fourth-order valence-electron chi connectivity index (χ4n) is 1.41. The van der Waals surface area contributed by atoms with Gasteiger partial charge < -0.3 is 5.32 Å². The van der Waals surface area contributed by atoms with Gasteiger partial charge in [-0.05, 0) is 13.0 Å². The molecule has 0 bridgehead atoms. The lowest BCUT2D eigenvalue weighted by atomic mass is 10.1. The maximum Gasteiger partial charge on any atom is 0.169 e. The fourth-order valence-corrected chi connectivity index (χ4v) is 2.31. The molecule has 0 aromatic carbocycles. The summed E-state index contributed by atoms with van der Waals surface area (Å²) in [4.78, 5) is 14.6. The van der Waals surface area contributed by atoms with Crippen molar-refractivity contribution in [3.8, 4) is 0 Å². The largest absolute Gasteiger partial charge is 0.316 e. The summed E-state index contributed by atoms with van der Waals surface area (Å²) in [6, 6.07) is 0. The van der Waals surface area contributed by atoms with E-state index in [1.165, 1.54) is 0 Å². The number of carbonyl (C=O) groups is 1. The number of carbonyl (C=O) groups excluding carboxylic acids is 1. The van der Waals surface area contributed by atoms with Gasteiger partial charge in [0.2, 0.25) is 0 Å². The van der Waals surface area contributed by atoms with E-state index in [1.54, 1.807) is 11.3 Å². The molecule has 1 aliphatic rings. The highest BCUT2D eigenvalue weighted by Crippen LogP contribution is 2.24. The number of rotatable bonds is 2. The van der Waals surface area contributed by atoms with Crippen molar-refractivity contribution in [1.29, 1.82) is 0 Å². The fraction of sp³-hybridized carbons (Fsp3) is 0.500. The Hall–Kier alpha value is -0.740. The average molecular weight is 182 g/mol. The van der Waals surface area contributed by atoms with Crippen molar-refractivity contribution < 1.29 is 4.79 Å². The molecule has 1 aromatic heterocycles. The lowest BCUT2D eigenvalue weighted by Crippen LogP contribution is -2.07. The molecule has 0 aliphatic carbocycles. The summed E-state index contributed by atoms with van der Waals surface area (Å²) in [5.74, 6) is 0.531. The summed E-state index contributed by atoms with van der Waals surface area (Å²) in [6.45, 7) is 2.08. The Bertz CT molecular complexity index is 278. The van der Waals surface area contributed by atoms with Gasteiger partial charge in [0, 0.05) is 17.8 Å². The highest BCUT2D eigenvalue weighted by atomic mass is 32.1. The lowest BCUT2D eigenvalue weighted by molar-refractivity contribution is 0.111. The summed E-state index contributed by atoms with van der Waals surface area (Å²) in [5.41, 5.74) is 0.571. The first kappa shape index (κ1) is 7.89. The molecule has 1 aromatic rings. The van der Waals surface area contributed by atoms with Crippen molar-refractivity contribution in [2.24, 2.45) is 0 Å². The van der Waals surface area contributed by atoms with Crippen molar-refractivity contribution in [2.45, 2.75) is 12.3 Å². The van der Waals surface area contributed by atoms with Gasteiger partial charge in [-0.2, -0.15) is 0 Å². The Labute approximate surface area is 74.8 Å². The van der Waals surface area contributed by atoms with E-state index in [9.17, 15) is 4.79 Å². The summed E-state index contributed by atoms with van der Waals surface area (Å²) in [6.07, 6.45) is 1.95.